The molecule has 162 valence electrons. The number of nitrogens with zero attached hydrogens (tertiary/aromatic N) is 3. The van der Waals surface area contributed by atoms with Crippen LogP contribution in [0.1, 0.15) is 36.9 Å². The fraction of sp³-hybridized carbons (Fsp3) is 0.391. The molecule has 0 spiro atoms. The van der Waals surface area contributed by atoms with Gasteiger partial charge in [0.2, 0.25) is 11.8 Å². The van der Waals surface area contributed by atoms with Gasteiger partial charge in [0.05, 0.1) is 30.4 Å². The highest BCUT2D eigenvalue weighted by atomic mass is 16.5. The first kappa shape index (κ1) is 21.0. The molecule has 3 heterocycles. The Labute approximate surface area is 180 Å². The first-order valence-electron chi connectivity index (χ1n) is 10.4. The van der Waals surface area contributed by atoms with Crippen molar-refractivity contribution in [1.82, 2.24) is 15.0 Å². The summed E-state index contributed by atoms with van der Waals surface area (Å²) in [4.78, 5) is 24.8. The van der Waals surface area contributed by atoms with Crippen molar-refractivity contribution in [3.05, 3.63) is 59.9 Å². The number of rotatable bonds is 9. The van der Waals surface area contributed by atoms with Gasteiger partial charge in [-0.2, -0.15) is 0 Å². The van der Waals surface area contributed by atoms with E-state index in [1.807, 2.05) is 37.3 Å². The summed E-state index contributed by atoms with van der Waals surface area (Å²) >= 11 is 0. The predicted octanol–water partition coefficient (Wildman–Crippen LogP) is 3.49. The van der Waals surface area contributed by atoms with Crippen LogP contribution >= 0.6 is 0 Å². The lowest BCUT2D eigenvalue weighted by Crippen LogP contribution is -2.40. The highest BCUT2D eigenvalue weighted by Crippen LogP contribution is 2.29. The molecule has 4 rings (SSSR count). The van der Waals surface area contributed by atoms with Crippen LogP contribution in [0, 0.1) is 0 Å². The molecule has 3 aromatic rings. The zero-order valence-electron chi connectivity index (χ0n) is 17.4. The normalized spacial score (nSPS) is 18.2. The molecule has 1 fully saturated rings. The van der Waals surface area contributed by atoms with Crippen LogP contribution in [0.3, 0.4) is 0 Å². The Morgan fingerprint density at radius 2 is 2.06 bits per heavy atom. The van der Waals surface area contributed by atoms with E-state index in [-0.39, 0.29) is 6.42 Å². The first-order chi connectivity index (χ1) is 15.1. The van der Waals surface area contributed by atoms with E-state index in [2.05, 4.69) is 15.0 Å². The first-order valence-corrected chi connectivity index (χ1v) is 10.4. The van der Waals surface area contributed by atoms with E-state index in [0.29, 0.717) is 43.5 Å². The van der Waals surface area contributed by atoms with Crippen LogP contribution in [0.15, 0.2) is 47.1 Å². The molecule has 8 nitrogen and oxygen atoms in total. The third-order valence-electron chi connectivity index (χ3n) is 5.35. The van der Waals surface area contributed by atoms with E-state index >= 15 is 0 Å². The largest absolute Gasteiger partial charge is 0.479 e. The molecule has 8 heteroatoms. The van der Waals surface area contributed by atoms with Crippen molar-refractivity contribution in [3.63, 3.8) is 0 Å². The second-order valence-electron chi connectivity index (χ2n) is 7.48. The van der Waals surface area contributed by atoms with Gasteiger partial charge in [0.15, 0.2) is 5.60 Å². The maximum Gasteiger partial charge on any atom is 0.336 e. The van der Waals surface area contributed by atoms with Crippen LogP contribution in [0.5, 0.6) is 5.88 Å². The van der Waals surface area contributed by atoms with Crippen molar-refractivity contribution in [2.24, 2.45) is 0 Å². The lowest BCUT2D eigenvalue weighted by atomic mass is 9.94. The quantitative estimate of drug-likeness (QED) is 0.557. The SMILES string of the molecule is CCc1oc(-c2ccccc2)nc1CCOc1cnc(CC2(C(=O)O)CCCO2)cn1. The van der Waals surface area contributed by atoms with Gasteiger partial charge < -0.3 is 19.0 Å². The summed E-state index contributed by atoms with van der Waals surface area (Å²) in [5.74, 6) is 0.879. The molecular formula is C23H25N3O5. The van der Waals surface area contributed by atoms with Crippen LogP contribution in [0.2, 0.25) is 0 Å². The standard InChI is InChI=1S/C23H25N3O5/c1-2-19-18(26-21(31-19)16-7-4-3-5-8-16)9-12-29-20-15-24-17(14-25-20)13-23(22(27)28)10-6-11-30-23/h3-5,7-8,14-15H,2,6,9-13H2,1H3,(H,27,28). The summed E-state index contributed by atoms with van der Waals surface area (Å²) in [6.45, 7) is 2.86. The van der Waals surface area contributed by atoms with E-state index in [1.54, 1.807) is 6.20 Å². The van der Waals surface area contributed by atoms with Crippen molar-refractivity contribution >= 4 is 5.97 Å². The van der Waals surface area contributed by atoms with Crippen LogP contribution < -0.4 is 4.74 Å². The summed E-state index contributed by atoms with van der Waals surface area (Å²) < 4.78 is 17.1. The summed E-state index contributed by atoms with van der Waals surface area (Å²) in [7, 11) is 0. The van der Waals surface area contributed by atoms with E-state index in [1.165, 1.54) is 6.20 Å². The monoisotopic (exact) mass is 423 g/mol. The number of hydrogen-bond acceptors (Lipinski definition) is 7. The maximum absolute atomic E-state index is 11.6. The molecule has 2 aromatic heterocycles. The fourth-order valence-electron chi connectivity index (χ4n) is 3.69. The average molecular weight is 423 g/mol. The number of aliphatic carboxylic acids is 1. The molecule has 1 aliphatic rings. The fourth-order valence-corrected chi connectivity index (χ4v) is 3.69. The smallest absolute Gasteiger partial charge is 0.336 e. The molecule has 0 saturated carbocycles. The van der Waals surface area contributed by atoms with Crippen molar-refractivity contribution in [2.45, 2.75) is 44.6 Å². The van der Waals surface area contributed by atoms with Gasteiger partial charge in [0.1, 0.15) is 5.76 Å². The maximum atomic E-state index is 11.6. The van der Waals surface area contributed by atoms with Gasteiger partial charge in [-0.1, -0.05) is 25.1 Å². The van der Waals surface area contributed by atoms with Crippen LogP contribution in [-0.4, -0.2) is 44.8 Å². The summed E-state index contributed by atoms with van der Waals surface area (Å²) in [6.07, 6.45) is 5.79. The lowest BCUT2D eigenvalue weighted by molar-refractivity contribution is -0.160. The molecule has 0 aliphatic carbocycles. The Kier molecular flexibility index (Phi) is 6.27. The second-order valence-corrected chi connectivity index (χ2v) is 7.48. The van der Waals surface area contributed by atoms with Crippen molar-refractivity contribution in [3.8, 4) is 17.3 Å². The van der Waals surface area contributed by atoms with Gasteiger partial charge in [-0.3, -0.25) is 4.98 Å². The average Bonchev–Trinajstić information content (AvgIpc) is 3.43. The number of benzene rings is 1. The van der Waals surface area contributed by atoms with Gasteiger partial charge in [0, 0.05) is 31.4 Å². The molecular weight excluding hydrogens is 398 g/mol. The Morgan fingerprint density at radius 3 is 2.71 bits per heavy atom. The van der Waals surface area contributed by atoms with Crippen LogP contribution in [0.4, 0.5) is 0 Å². The molecule has 0 bridgehead atoms. The van der Waals surface area contributed by atoms with E-state index in [9.17, 15) is 9.90 Å². The van der Waals surface area contributed by atoms with Crippen molar-refractivity contribution < 1.29 is 23.8 Å². The van der Waals surface area contributed by atoms with Gasteiger partial charge >= 0.3 is 5.97 Å². The number of carbonyl (C=O) groups is 1. The highest BCUT2D eigenvalue weighted by Gasteiger charge is 2.43. The van der Waals surface area contributed by atoms with E-state index in [4.69, 9.17) is 13.9 Å². The predicted molar refractivity (Wildman–Crippen MR) is 112 cm³/mol. The molecule has 1 saturated heterocycles. The minimum absolute atomic E-state index is 0.191. The summed E-state index contributed by atoms with van der Waals surface area (Å²) in [5, 5.41) is 9.51. The van der Waals surface area contributed by atoms with Gasteiger partial charge in [-0.05, 0) is 25.0 Å². The van der Waals surface area contributed by atoms with Gasteiger partial charge in [0.25, 0.3) is 0 Å². The Bertz CT molecular complexity index is 1010. The van der Waals surface area contributed by atoms with Crippen molar-refractivity contribution in [2.75, 3.05) is 13.2 Å². The molecule has 0 radical (unpaired) electrons. The van der Waals surface area contributed by atoms with E-state index in [0.717, 1.165) is 29.9 Å². The zero-order valence-corrected chi connectivity index (χ0v) is 17.4. The van der Waals surface area contributed by atoms with Crippen LogP contribution in [-0.2, 0) is 28.8 Å². The molecule has 1 unspecified atom stereocenters. The van der Waals surface area contributed by atoms with E-state index < -0.39 is 11.6 Å². The summed E-state index contributed by atoms with van der Waals surface area (Å²) in [5.41, 5.74) is 1.18. The van der Waals surface area contributed by atoms with Crippen LogP contribution in [0.25, 0.3) is 11.5 Å². The highest BCUT2D eigenvalue weighted by molar-refractivity contribution is 5.78. The topological polar surface area (TPSA) is 108 Å². The lowest BCUT2D eigenvalue weighted by Gasteiger charge is -2.22. The third kappa shape index (κ3) is 4.74. The molecule has 1 N–H and O–H groups in total. The Hall–Kier alpha value is -3.26. The Balaban J connectivity index is 1.35. The van der Waals surface area contributed by atoms with Crippen molar-refractivity contribution in [1.29, 1.82) is 0 Å². The number of oxazole rings is 1. The molecule has 31 heavy (non-hydrogen) atoms. The number of aromatic nitrogens is 3. The van der Waals surface area contributed by atoms with Gasteiger partial charge in [-0.25, -0.2) is 14.8 Å². The molecule has 1 atom stereocenters. The minimum Gasteiger partial charge on any atom is -0.479 e. The molecule has 1 aliphatic heterocycles. The number of hydrogen-bond donors (Lipinski definition) is 1. The van der Waals surface area contributed by atoms with Gasteiger partial charge in [-0.15, -0.1) is 0 Å². The number of ether oxygens (including phenoxy) is 2. The number of carboxylic acid groups (broad SMARTS) is 1. The zero-order chi connectivity index (χ0) is 21.7. The minimum atomic E-state index is -1.20. The number of carboxylic acids is 1. The number of aryl methyl sites for hydroxylation is 1. The Morgan fingerprint density at radius 1 is 1.23 bits per heavy atom. The summed E-state index contributed by atoms with van der Waals surface area (Å²) in [6, 6.07) is 9.79. The molecule has 1 aromatic carbocycles. The second kappa shape index (κ2) is 9.26. The third-order valence-corrected chi connectivity index (χ3v) is 5.35. The molecule has 0 amide bonds.